The summed E-state index contributed by atoms with van der Waals surface area (Å²) in [6.45, 7) is 1.31. The average Bonchev–Trinajstić information content (AvgIpc) is 3.43. The van der Waals surface area contributed by atoms with Gasteiger partial charge in [0.1, 0.15) is 0 Å². The van der Waals surface area contributed by atoms with Crippen molar-refractivity contribution in [3.63, 3.8) is 0 Å². The number of carboxylic acid groups (broad SMARTS) is 1. The van der Waals surface area contributed by atoms with Crippen LogP contribution in [0.15, 0.2) is 54.2 Å². The van der Waals surface area contributed by atoms with Gasteiger partial charge >= 0.3 is 5.97 Å². The zero-order valence-electron chi connectivity index (χ0n) is 16.1. The second-order valence-corrected chi connectivity index (χ2v) is 7.97. The Bertz CT molecular complexity index is 969. The van der Waals surface area contributed by atoms with Crippen LogP contribution in [0.1, 0.15) is 28.1 Å². The predicted octanol–water partition coefficient (Wildman–Crippen LogP) is 4.98. The summed E-state index contributed by atoms with van der Waals surface area (Å²) in [5.74, 6) is 1.12. The molecule has 0 spiro atoms. The maximum atomic E-state index is 11.2. The highest BCUT2D eigenvalue weighted by atomic mass is 32.1. The fourth-order valence-corrected chi connectivity index (χ4v) is 3.61. The van der Waals surface area contributed by atoms with E-state index >= 15 is 0 Å². The molecule has 1 aliphatic rings. The molecule has 0 radical (unpaired) electrons. The third kappa shape index (κ3) is 4.68. The van der Waals surface area contributed by atoms with Crippen molar-refractivity contribution in [1.29, 1.82) is 0 Å². The molecular formula is C22H22N2O4S. The van der Waals surface area contributed by atoms with Gasteiger partial charge in [0.2, 0.25) is 0 Å². The van der Waals surface area contributed by atoms with Crippen molar-refractivity contribution >= 4 is 28.7 Å². The van der Waals surface area contributed by atoms with E-state index in [0.717, 1.165) is 16.3 Å². The summed E-state index contributed by atoms with van der Waals surface area (Å²) < 4.78 is 11.5. The third-order valence-electron chi connectivity index (χ3n) is 4.85. The third-order valence-corrected chi connectivity index (χ3v) is 5.62. The Morgan fingerprint density at radius 2 is 1.93 bits per heavy atom. The summed E-state index contributed by atoms with van der Waals surface area (Å²) in [5.41, 5.74) is 3.89. The van der Waals surface area contributed by atoms with Gasteiger partial charge in [0.25, 0.3) is 0 Å². The minimum atomic E-state index is -0.939. The highest BCUT2D eigenvalue weighted by Crippen LogP contribution is 2.38. The molecule has 1 fully saturated rings. The van der Waals surface area contributed by atoms with Crippen molar-refractivity contribution in [1.82, 2.24) is 4.98 Å². The van der Waals surface area contributed by atoms with Crippen LogP contribution < -0.4 is 14.4 Å². The SMILES string of the molecule is COc1ccc(N(Cc2cncs2)c2ccc(C(=O)O)cc2)cc1OCC1CC1. The number of hydrogen-bond acceptors (Lipinski definition) is 6. The van der Waals surface area contributed by atoms with Gasteiger partial charge in [0.05, 0.1) is 31.3 Å². The molecule has 150 valence electrons. The molecule has 0 amide bonds. The zero-order chi connectivity index (χ0) is 20.2. The van der Waals surface area contributed by atoms with Gasteiger partial charge in [0.15, 0.2) is 11.5 Å². The summed E-state index contributed by atoms with van der Waals surface area (Å²) in [6, 6.07) is 12.7. The minimum Gasteiger partial charge on any atom is -0.493 e. The van der Waals surface area contributed by atoms with E-state index in [4.69, 9.17) is 9.47 Å². The molecule has 0 bridgehead atoms. The topological polar surface area (TPSA) is 71.9 Å². The zero-order valence-corrected chi connectivity index (χ0v) is 16.9. The maximum absolute atomic E-state index is 11.2. The fourth-order valence-electron chi connectivity index (χ4n) is 3.03. The Morgan fingerprint density at radius 3 is 2.55 bits per heavy atom. The summed E-state index contributed by atoms with van der Waals surface area (Å²) in [6.07, 6.45) is 4.28. The number of thiazole rings is 1. The number of aromatic carboxylic acids is 1. The molecule has 7 heteroatoms. The van der Waals surface area contributed by atoms with Crippen LogP contribution in [0.25, 0.3) is 0 Å². The molecule has 1 aliphatic carbocycles. The van der Waals surface area contributed by atoms with E-state index in [1.165, 1.54) is 12.8 Å². The van der Waals surface area contributed by atoms with Crippen LogP contribution in [0, 0.1) is 5.92 Å². The van der Waals surface area contributed by atoms with Gasteiger partial charge in [-0.1, -0.05) is 0 Å². The molecule has 0 saturated heterocycles. The Morgan fingerprint density at radius 1 is 1.17 bits per heavy atom. The Hall–Kier alpha value is -3.06. The number of hydrogen-bond donors (Lipinski definition) is 1. The van der Waals surface area contributed by atoms with Crippen molar-refractivity contribution in [3.05, 3.63) is 64.6 Å². The molecule has 1 N–H and O–H groups in total. The van der Waals surface area contributed by atoms with Gasteiger partial charge in [-0.2, -0.15) is 0 Å². The molecule has 1 aromatic heterocycles. The molecule has 4 rings (SSSR count). The molecular weight excluding hydrogens is 388 g/mol. The average molecular weight is 410 g/mol. The van der Waals surface area contributed by atoms with Crippen LogP contribution in [-0.2, 0) is 6.54 Å². The van der Waals surface area contributed by atoms with Gasteiger partial charge in [0, 0.05) is 28.5 Å². The van der Waals surface area contributed by atoms with Crippen molar-refractivity contribution in [2.24, 2.45) is 5.92 Å². The van der Waals surface area contributed by atoms with Crippen LogP contribution in [-0.4, -0.2) is 29.8 Å². The first kappa shape index (κ1) is 19.3. The quantitative estimate of drug-likeness (QED) is 0.537. The lowest BCUT2D eigenvalue weighted by molar-refractivity contribution is 0.0697. The molecule has 2 aromatic carbocycles. The van der Waals surface area contributed by atoms with Gasteiger partial charge in [-0.15, -0.1) is 11.3 Å². The standard InChI is InChI=1S/C22H22N2O4S/c1-27-20-9-8-18(10-21(20)28-13-15-2-3-15)24(12-19-11-23-14-29-19)17-6-4-16(5-7-17)22(25)26/h4-11,14-15H,2-3,12-13H2,1H3,(H,25,26). The molecule has 0 atom stereocenters. The first-order valence-corrected chi connectivity index (χ1v) is 10.3. The molecule has 1 heterocycles. The van der Waals surface area contributed by atoms with E-state index in [1.807, 2.05) is 36.5 Å². The van der Waals surface area contributed by atoms with E-state index in [9.17, 15) is 9.90 Å². The number of ether oxygens (including phenoxy) is 2. The summed E-state index contributed by atoms with van der Waals surface area (Å²) in [7, 11) is 1.64. The number of carbonyl (C=O) groups is 1. The number of nitrogens with zero attached hydrogens (tertiary/aromatic N) is 2. The van der Waals surface area contributed by atoms with Crippen molar-refractivity contribution < 1.29 is 19.4 Å². The van der Waals surface area contributed by atoms with Gasteiger partial charge < -0.3 is 19.5 Å². The Labute approximate surface area is 173 Å². The van der Waals surface area contributed by atoms with Crippen LogP contribution in [0.2, 0.25) is 0 Å². The second-order valence-electron chi connectivity index (χ2n) is 7.00. The van der Waals surface area contributed by atoms with Crippen LogP contribution in [0.3, 0.4) is 0 Å². The normalized spacial score (nSPS) is 13.1. The van der Waals surface area contributed by atoms with Gasteiger partial charge in [-0.3, -0.25) is 4.98 Å². The molecule has 0 unspecified atom stereocenters. The number of aromatic nitrogens is 1. The highest BCUT2D eigenvalue weighted by Gasteiger charge is 2.23. The molecule has 0 aliphatic heterocycles. The van der Waals surface area contributed by atoms with Crippen molar-refractivity contribution in [3.8, 4) is 11.5 Å². The number of rotatable bonds is 9. The molecule has 6 nitrogen and oxygen atoms in total. The Kier molecular flexibility index (Phi) is 5.67. The lowest BCUT2D eigenvalue weighted by Gasteiger charge is -2.25. The molecule has 1 saturated carbocycles. The van der Waals surface area contributed by atoms with Gasteiger partial charge in [-0.25, -0.2) is 4.79 Å². The number of carboxylic acids is 1. The summed E-state index contributed by atoms with van der Waals surface area (Å²) >= 11 is 1.58. The summed E-state index contributed by atoms with van der Waals surface area (Å²) in [4.78, 5) is 18.6. The minimum absolute atomic E-state index is 0.259. The van der Waals surface area contributed by atoms with E-state index in [1.54, 1.807) is 36.1 Å². The number of methoxy groups -OCH3 is 1. The largest absolute Gasteiger partial charge is 0.493 e. The fraction of sp³-hybridized carbons (Fsp3) is 0.273. The van der Waals surface area contributed by atoms with E-state index in [-0.39, 0.29) is 5.56 Å². The molecule has 29 heavy (non-hydrogen) atoms. The first-order chi connectivity index (χ1) is 14.1. The van der Waals surface area contributed by atoms with E-state index in [2.05, 4.69) is 9.88 Å². The number of benzene rings is 2. The first-order valence-electron chi connectivity index (χ1n) is 9.43. The maximum Gasteiger partial charge on any atom is 0.335 e. The predicted molar refractivity (Wildman–Crippen MR) is 113 cm³/mol. The monoisotopic (exact) mass is 410 g/mol. The molecule has 3 aromatic rings. The number of anilines is 2. The lowest BCUT2D eigenvalue weighted by Crippen LogP contribution is -2.16. The highest BCUT2D eigenvalue weighted by molar-refractivity contribution is 7.09. The van der Waals surface area contributed by atoms with E-state index < -0.39 is 5.97 Å². The Balaban J connectivity index is 1.67. The van der Waals surface area contributed by atoms with Gasteiger partial charge in [-0.05, 0) is 55.2 Å². The second kappa shape index (κ2) is 8.53. The smallest absolute Gasteiger partial charge is 0.335 e. The van der Waals surface area contributed by atoms with Crippen LogP contribution in [0.4, 0.5) is 11.4 Å². The van der Waals surface area contributed by atoms with Crippen molar-refractivity contribution in [2.75, 3.05) is 18.6 Å². The van der Waals surface area contributed by atoms with Crippen LogP contribution >= 0.6 is 11.3 Å². The van der Waals surface area contributed by atoms with Crippen molar-refractivity contribution in [2.45, 2.75) is 19.4 Å². The summed E-state index contributed by atoms with van der Waals surface area (Å²) in [5, 5.41) is 9.19. The lowest BCUT2D eigenvalue weighted by atomic mass is 10.1. The van der Waals surface area contributed by atoms with Crippen LogP contribution in [0.5, 0.6) is 11.5 Å². The van der Waals surface area contributed by atoms with E-state index in [0.29, 0.717) is 30.6 Å².